The number of piperidine rings is 1. The molecule has 2 heteroatoms. The van der Waals surface area contributed by atoms with Gasteiger partial charge in [-0.3, -0.25) is 0 Å². The van der Waals surface area contributed by atoms with Crippen molar-refractivity contribution in [2.45, 2.75) is 66.0 Å². The van der Waals surface area contributed by atoms with Gasteiger partial charge < -0.3 is 10.2 Å². The van der Waals surface area contributed by atoms with Crippen LogP contribution >= 0.6 is 0 Å². The van der Waals surface area contributed by atoms with Crippen LogP contribution in [0.3, 0.4) is 0 Å². The van der Waals surface area contributed by atoms with E-state index in [-0.39, 0.29) is 0 Å². The molecule has 0 aromatic heterocycles. The van der Waals surface area contributed by atoms with Crippen molar-refractivity contribution in [3.63, 3.8) is 0 Å². The first-order chi connectivity index (χ1) is 8.02. The highest BCUT2D eigenvalue weighted by Crippen LogP contribution is 2.20. The van der Waals surface area contributed by atoms with Gasteiger partial charge in [0, 0.05) is 18.6 Å². The second kappa shape index (κ2) is 7.38. The Morgan fingerprint density at radius 2 is 1.94 bits per heavy atom. The number of rotatable bonds is 6. The second-order valence-electron chi connectivity index (χ2n) is 6.28. The average molecular weight is 240 g/mol. The molecular formula is C15H32N2. The van der Waals surface area contributed by atoms with E-state index in [0.29, 0.717) is 12.1 Å². The molecular weight excluding hydrogens is 208 g/mol. The molecule has 102 valence electrons. The Morgan fingerprint density at radius 1 is 1.24 bits per heavy atom. The van der Waals surface area contributed by atoms with Crippen molar-refractivity contribution >= 4 is 0 Å². The second-order valence-corrected chi connectivity index (χ2v) is 6.28. The van der Waals surface area contributed by atoms with E-state index in [1.165, 1.54) is 38.9 Å². The Bertz CT molecular complexity index is 203. The fourth-order valence-corrected chi connectivity index (χ4v) is 3.15. The maximum absolute atomic E-state index is 3.80. The van der Waals surface area contributed by atoms with Gasteiger partial charge in [0.2, 0.25) is 0 Å². The molecule has 1 aliphatic rings. The van der Waals surface area contributed by atoms with Crippen molar-refractivity contribution in [3.05, 3.63) is 0 Å². The number of nitrogens with zero attached hydrogens (tertiary/aromatic N) is 1. The molecule has 2 nitrogen and oxygen atoms in total. The molecule has 0 amide bonds. The van der Waals surface area contributed by atoms with Gasteiger partial charge in [-0.05, 0) is 58.0 Å². The smallest absolute Gasteiger partial charge is 0.00816 e. The van der Waals surface area contributed by atoms with E-state index in [0.717, 1.165) is 11.8 Å². The predicted molar refractivity (Wildman–Crippen MR) is 76.4 cm³/mol. The summed E-state index contributed by atoms with van der Waals surface area (Å²) in [6, 6.07) is 1.32. The standard InChI is InChI=1S/C15H32N2/c1-6-17-9-7-8-15(11-17)14(5)16-13(4)10-12(2)3/h12-16H,6-11H2,1-5H3. The van der Waals surface area contributed by atoms with Crippen LogP contribution in [0, 0.1) is 11.8 Å². The van der Waals surface area contributed by atoms with Gasteiger partial charge in [0.1, 0.15) is 0 Å². The van der Waals surface area contributed by atoms with Gasteiger partial charge in [-0.25, -0.2) is 0 Å². The summed E-state index contributed by atoms with van der Waals surface area (Å²) >= 11 is 0. The third kappa shape index (κ3) is 5.39. The summed E-state index contributed by atoms with van der Waals surface area (Å²) in [7, 11) is 0. The molecule has 0 saturated carbocycles. The summed E-state index contributed by atoms with van der Waals surface area (Å²) in [5, 5.41) is 3.80. The molecule has 0 radical (unpaired) electrons. The van der Waals surface area contributed by atoms with E-state index >= 15 is 0 Å². The summed E-state index contributed by atoms with van der Waals surface area (Å²) in [5.41, 5.74) is 0. The summed E-state index contributed by atoms with van der Waals surface area (Å²) in [6.45, 7) is 15.4. The monoisotopic (exact) mass is 240 g/mol. The topological polar surface area (TPSA) is 15.3 Å². The minimum Gasteiger partial charge on any atom is -0.311 e. The van der Waals surface area contributed by atoms with Crippen molar-refractivity contribution in [1.29, 1.82) is 0 Å². The van der Waals surface area contributed by atoms with Crippen molar-refractivity contribution in [3.8, 4) is 0 Å². The molecule has 1 rings (SSSR count). The predicted octanol–water partition coefficient (Wildman–Crippen LogP) is 3.13. The normalized spacial score (nSPS) is 26.1. The summed E-state index contributed by atoms with van der Waals surface area (Å²) in [6.07, 6.45) is 4.07. The zero-order valence-corrected chi connectivity index (χ0v) is 12.5. The lowest BCUT2D eigenvalue weighted by Crippen LogP contribution is -2.47. The van der Waals surface area contributed by atoms with E-state index in [1.807, 2.05) is 0 Å². The molecule has 1 saturated heterocycles. The average Bonchev–Trinajstić information content (AvgIpc) is 2.27. The zero-order valence-electron chi connectivity index (χ0n) is 12.5. The molecule has 3 unspecified atom stereocenters. The van der Waals surface area contributed by atoms with Crippen molar-refractivity contribution in [2.75, 3.05) is 19.6 Å². The van der Waals surface area contributed by atoms with E-state index in [9.17, 15) is 0 Å². The fourth-order valence-electron chi connectivity index (χ4n) is 3.15. The van der Waals surface area contributed by atoms with Crippen molar-refractivity contribution in [1.82, 2.24) is 10.2 Å². The molecule has 1 fully saturated rings. The van der Waals surface area contributed by atoms with Crippen LogP contribution in [0.25, 0.3) is 0 Å². The van der Waals surface area contributed by atoms with Gasteiger partial charge in [-0.1, -0.05) is 20.8 Å². The molecule has 0 bridgehead atoms. The lowest BCUT2D eigenvalue weighted by atomic mass is 9.90. The van der Waals surface area contributed by atoms with Crippen LogP contribution in [-0.2, 0) is 0 Å². The third-order valence-corrected chi connectivity index (χ3v) is 4.07. The first kappa shape index (κ1) is 15.0. The SMILES string of the molecule is CCN1CCCC(C(C)NC(C)CC(C)C)C1. The number of nitrogens with one attached hydrogen (secondary N) is 1. The largest absolute Gasteiger partial charge is 0.311 e. The highest BCUT2D eigenvalue weighted by atomic mass is 15.1. The minimum absolute atomic E-state index is 0.655. The molecule has 0 spiro atoms. The number of likely N-dealkylation sites (tertiary alicyclic amines) is 1. The maximum Gasteiger partial charge on any atom is 0.00816 e. The van der Waals surface area contributed by atoms with Gasteiger partial charge in [-0.15, -0.1) is 0 Å². The van der Waals surface area contributed by atoms with Gasteiger partial charge in [0.05, 0.1) is 0 Å². The van der Waals surface area contributed by atoms with Crippen molar-refractivity contribution in [2.24, 2.45) is 11.8 Å². The highest BCUT2D eigenvalue weighted by molar-refractivity contribution is 4.81. The molecule has 0 aliphatic carbocycles. The van der Waals surface area contributed by atoms with Gasteiger partial charge in [-0.2, -0.15) is 0 Å². The molecule has 1 aliphatic heterocycles. The third-order valence-electron chi connectivity index (χ3n) is 4.07. The molecule has 3 atom stereocenters. The van der Waals surface area contributed by atoms with E-state index < -0.39 is 0 Å². The first-order valence-corrected chi connectivity index (χ1v) is 7.51. The maximum atomic E-state index is 3.80. The quantitative estimate of drug-likeness (QED) is 0.767. The van der Waals surface area contributed by atoms with Crippen LogP contribution in [0.2, 0.25) is 0 Å². The van der Waals surface area contributed by atoms with Gasteiger partial charge in [0.15, 0.2) is 0 Å². The minimum atomic E-state index is 0.655. The summed E-state index contributed by atoms with van der Waals surface area (Å²) in [4.78, 5) is 2.60. The van der Waals surface area contributed by atoms with Crippen LogP contribution in [-0.4, -0.2) is 36.6 Å². The van der Waals surface area contributed by atoms with E-state index in [2.05, 4.69) is 44.8 Å². The van der Waals surface area contributed by atoms with Crippen LogP contribution < -0.4 is 5.32 Å². The molecule has 1 N–H and O–H groups in total. The molecule has 0 aromatic rings. The fraction of sp³-hybridized carbons (Fsp3) is 1.00. The molecule has 0 aromatic carbocycles. The van der Waals surface area contributed by atoms with E-state index in [4.69, 9.17) is 0 Å². The zero-order chi connectivity index (χ0) is 12.8. The lowest BCUT2D eigenvalue weighted by Gasteiger charge is -2.36. The summed E-state index contributed by atoms with van der Waals surface area (Å²) in [5.74, 6) is 1.64. The Balaban J connectivity index is 2.33. The van der Waals surface area contributed by atoms with Gasteiger partial charge in [0.25, 0.3) is 0 Å². The Morgan fingerprint density at radius 3 is 2.53 bits per heavy atom. The molecule has 1 heterocycles. The van der Waals surface area contributed by atoms with Gasteiger partial charge >= 0.3 is 0 Å². The van der Waals surface area contributed by atoms with Crippen LogP contribution in [0.1, 0.15) is 53.9 Å². The van der Waals surface area contributed by atoms with Crippen molar-refractivity contribution < 1.29 is 0 Å². The Kier molecular flexibility index (Phi) is 6.50. The van der Waals surface area contributed by atoms with Crippen LogP contribution in [0.5, 0.6) is 0 Å². The first-order valence-electron chi connectivity index (χ1n) is 7.51. The Hall–Kier alpha value is -0.0800. The highest BCUT2D eigenvalue weighted by Gasteiger charge is 2.24. The lowest BCUT2D eigenvalue weighted by molar-refractivity contribution is 0.152. The summed E-state index contributed by atoms with van der Waals surface area (Å²) < 4.78 is 0. The van der Waals surface area contributed by atoms with E-state index in [1.54, 1.807) is 0 Å². The molecule has 17 heavy (non-hydrogen) atoms. The number of hydrogen-bond donors (Lipinski definition) is 1. The number of hydrogen-bond acceptors (Lipinski definition) is 2. The Labute approximate surface area is 108 Å². The van der Waals surface area contributed by atoms with Crippen LogP contribution in [0.15, 0.2) is 0 Å². The van der Waals surface area contributed by atoms with Crippen LogP contribution in [0.4, 0.5) is 0 Å².